The molecule has 0 N–H and O–H groups in total. The van der Waals surface area contributed by atoms with Crippen molar-refractivity contribution in [1.82, 2.24) is 9.80 Å². The Labute approximate surface area is 171 Å². The molecule has 0 fully saturated rings. The van der Waals surface area contributed by atoms with Gasteiger partial charge in [0.1, 0.15) is 6.17 Å². The fourth-order valence-electron chi connectivity index (χ4n) is 4.28. The quantitative estimate of drug-likeness (QED) is 0.209. The molecule has 0 aromatic carbocycles. The summed E-state index contributed by atoms with van der Waals surface area (Å²) in [5.74, 6) is 0. The van der Waals surface area contributed by atoms with E-state index in [0.29, 0.717) is 6.17 Å². The number of nitrogens with zero attached hydrogens (tertiary/aromatic N) is 2. The molecule has 0 aromatic heterocycles. The molecular weight excluding hydrogens is 328 g/mol. The SMILES string of the molecule is CCCCCCCCCCCCCCCC1N(CCC)C=CN1CCCC. The maximum absolute atomic E-state index is 2.60. The molecule has 1 rings (SSSR count). The second kappa shape index (κ2) is 17.4. The van der Waals surface area contributed by atoms with Crippen LogP contribution in [0.15, 0.2) is 12.4 Å². The fraction of sp³-hybridized carbons (Fsp3) is 0.920. The molecule has 1 heterocycles. The molecule has 2 heteroatoms. The summed E-state index contributed by atoms with van der Waals surface area (Å²) >= 11 is 0. The van der Waals surface area contributed by atoms with Crippen molar-refractivity contribution in [2.75, 3.05) is 13.1 Å². The summed E-state index contributed by atoms with van der Waals surface area (Å²) in [6.45, 7) is 9.34. The van der Waals surface area contributed by atoms with Gasteiger partial charge in [0, 0.05) is 25.5 Å². The van der Waals surface area contributed by atoms with Crippen LogP contribution in [0.1, 0.15) is 130 Å². The van der Waals surface area contributed by atoms with Crippen molar-refractivity contribution >= 4 is 0 Å². The number of unbranched alkanes of at least 4 members (excludes halogenated alkanes) is 13. The van der Waals surface area contributed by atoms with Crippen molar-refractivity contribution in [3.8, 4) is 0 Å². The van der Waals surface area contributed by atoms with Crippen LogP contribution < -0.4 is 0 Å². The minimum absolute atomic E-state index is 0.643. The minimum Gasteiger partial charge on any atom is -0.356 e. The highest BCUT2D eigenvalue weighted by molar-refractivity contribution is 4.96. The first kappa shape index (κ1) is 24.4. The third-order valence-corrected chi connectivity index (χ3v) is 6.03. The summed E-state index contributed by atoms with van der Waals surface area (Å²) in [6.07, 6.45) is 29.3. The molecule has 160 valence electrons. The van der Waals surface area contributed by atoms with Gasteiger partial charge in [-0.2, -0.15) is 0 Å². The monoisotopic (exact) mass is 378 g/mol. The van der Waals surface area contributed by atoms with Gasteiger partial charge in [-0.25, -0.2) is 0 Å². The molecule has 1 aliphatic heterocycles. The molecule has 0 spiro atoms. The average molecular weight is 379 g/mol. The standard InChI is InChI=1S/C25H50N2/c1-4-7-9-10-11-12-13-14-15-16-17-18-19-20-25-26(21-6-3)23-24-27(25)22-8-5-2/h23-25H,4-22H2,1-3H3. The lowest BCUT2D eigenvalue weighted by Gasteiger charge is -2.33. The smallest absolute Gasteiger partial charge is 0.101 e. The van der Waals surface area contributed by atoms with Crippen LogP contribution in [-0.2, 0) is 0 Å². The molecule has 0 aromatic rings. The van der Waals surface area contributed by atoms with E-state index in [0.717, 1.165) is 0 Å². The summed E-state index contributed by atoms with van der Waals surface area (Å²) in [7, 11) is 0. The van der Waals surface area contributed by atoms with Gasteiger partial charge in [0.15, 0.2) is 0 Å². The second-order valence-corrected chi connectivity index (χ2v) is 8.64. The highest BCUT2D eigenvalue weighted by Crippen LogP contribution is 2.22. The van der Waals surface area contributed by atoms with Gasteiger partial charge in [-0.05, 0) is 25.7 Å². The van der Waals surface area contributed by atoms with Crippen molar-refractivity contribution in [2.45, 2.75) is 136 Å². The van der Waals surface area contributed by atoms with E-state index in [9.17, 15) is 0 Å². The zero-order chi connectivity index (χ0) is 19.6. The van der Waals surface area contributed by atoms with Crippen LogP contribution in [0.25, 0.3) is 0 Å². The Morgan fingerprint density at radius 1 is 0.481 bits per heavy atom. The van der Waals surface area contributed by atoms with E-state index < -0.39 is 0 Å². The van der Waals surface area contributed by atoms with Gasteiger partial charge in [0.2, 0.25) is 0 Å². The normalized spacial score (nSPS) is 16.6. The minimum atomic E-state index is 0.643. The molecule has 0 aliphatic carbocycles. The van der Waals surface area contributed by atoms with Gasteiger partial charge in [0.25, 0.3) is 0 Å². The van der Waals surface area contributed by atoms with Crippen LogP contribution in [-0.4, -0.2) is 29.1 Å². The molecule has 0 saturated carbocycles. The van der Waals surface area contributed by atoms with E-state index in [4.69, 9.17) is 0 Å². The summed E-state index contributed by atoms with van der Waals surface area (Å²) in [5.41, 5.74) is 0. The Hall–Kier alpha value is -0.660. The zero-order valence-electron chi connectivity index (χ0n) is 19.1. The van der Waals surface area contributed by atoms with Gasteiger partial charge in [0.05, 0.1) is 0 Å². The summed E-state index contributed by atoms with van der Waals surface area (Å²) < 4.78 is 0. The second-order valence-electron chi connectivity index (χ2n) is 8.64. The Bertz CT molecular complexity index is 339. The van der Waals surface area contributed by atoms with Crippen molar-refractivity contribution < 1.29 is 0 Å². The summed E-state index contributed by atoms with van der Waals surface area (Å²) in [6, 6.07) is 0. The molecule has 27 heavy (non-hydrogen) atoms. The molecule has 1 unspecified atom stereocenters. The van der Waals surface area contributed by atoms with E-state index >= 15 is 0 Å². The molecular formula is C25H50N2. The predicted molar refractivity (Wildman–Crippen MR) is 122 cm³/mol. The lowest BCUT2D eigenvalue weighted by Crippen LogP contribution is -2.39. The Balaban J connectivity index is 1.99. The number of rotatable bonds is 19. The number of hydrogen-bond donors (Lipinski definition) is 0. The summed E-state index contributed by atoms with van der Waals surface area (Å²) in [4.78, 5) is 5.18. The van der Waals surface area contributed by atoms with Gasteiger partial charge in [-0.1, -0.05) is 104 Å². The van der Waals surface area contributed by atoms with E-state index in [2.05, 4.69) is 43.0 Å². The summed E-state index contributed by atoms with van der Waals surface area (Å²) in [5, 5.41) is 0. The van der Waals surface area contributed by atoms with Gasteiger partial charge in [-0.3, -0.25) is 0 Å². The first-order chi connectivity index (χ1) is 13.3. The molecule has 1 aliphatic rings. The van der Waals surface area contributed by atoms with E-state index in [1.807, 2.05) is 0 Å². The maximum atomic E-state index is 2.60. The highest BCUT2D eigenvalue weighted by atomic mass is 15.4. The van der Waals surface area contributed by atoms with Crippen LogP contribution in [0.5, 0.6) is 0 Å². The van der Waals surface area contributed by atoms with Crippen molar-refractivity contribution in [3.05, 3.63) is 12.4 Å². The van der Waals surface area contributed by atoms with Crippen LogP contribution in [0.3, 0.4) is 0 Å². The van der Waals surface area contributed by atoms with Crippen LogP contribution in [0, 0.1) is 0 Å². The molecule has 0 bridgehead atoms. The third-order valence-electron chi connectivity index (χ3n) is 6.03. The lowest BCUT2D eigenvalue weighted by atomic mass is 10.0. The maximum Gasteiger partial charge on any atom is 0.101 e. The molecule has 1 atom stereocenters. The first-order valence-electron chi connectivity index (χ1n) is 12.5. The fourth-order valence-corrected chi connectivity index (χ4v) is 4.28. The van der Waals surface area contributed by atoms with Crippen molar-refractivity contribution in [3.63, 3.8) is 0 Å². The van der Waals surface area contributed by atoms with E-state index in [1.165, 1.54) is 122 Å². The average Bonchev–Trinajstić information content (AvgIpc) is 3.05. The molecule has 0 saturated heterocycles. The third kappa shape index (κ3) is 11.7. The first-order valence-corrected chi connectivity index (χ1v) is 12.5. The van der Waals surface area contributed by atoms with Crippen molar-refractivity contribution in [1.29, 1.82) is 0 Å². The Morgan fingerprint density at radius 2 is 0.926 bits per heavy atom. The molecule has 2 nitrogen and oxygen atoms in total. The van der Waals surface area contributed by atoms with Gasteiger partial charge < -0.3 is 9.80 Å². The Kier molecular flexibility index (Phi) is 15.7. The Morgan fingerprint density at radius 3 is 1.41 bits per heavy atom. The zero-order valence-corrected chi connectivity index (χ0v) is 19.1. The van der Waals surface area contributed by atoms with Crippen LogP contribution >= 0.6 is 0 Å². The van der Waals surface area contributed by atoms with Crippen LogP contribution in [0.2, 0.25) is 0 Å². The molecule has 0 radical (unpaired) electrons. The lowest BCUT2D eigenvalue weighted by molar-refractivity contribution is 0.138. The topological polar surface area (TPSA) is 6.48 Å². The van der Waals surface area contributed by atoms with E-state index in [1.54, 1.807) is 0 Å². The van der Waals surface area contributed by atoms with Crippen LogP contribution in [0.4, 0.5) is 0 Å². The molecule has 0 amide bonds. The highest BCUT2D eigenvalue weighted by Gasteiger charge is 2.24. The number of hydrogen-bond acceptors (Lipinski definition) is 2. The largest absolute Gasteiger partial charge is 0.356 e. The van der Waals surface area contributed by atoms with Crippen molar-refractivity contribution in [2.24, 2.45) is 0 Å². The predicted octanol–water partition coefficient (Wildman–Crippen LogP) is 8.09. The van der Waals surface area contributed by atoms with Gasteiger partial charge in [-0.15, -0.1) is 0 Å². The van der Waals surface area contributed by atoms with Gasteiger partial charge >= 0.3 is 0 Å². The van der Waals surface area contributed by atoms with E-state index in [-0.39, 0.29) is 0 Å².